The Morgan fingerprint density at radius 3 is 2.23 bits per heavy atom. The van der Waals surface area contributed by atoms with Gasteiger partial charge in [-0.15, -0.1) is 10.2 Å². The molecular weight excluding hydrogens is 336 g/mol. The minimum atomic E-state index is -3.57. The molecule has 0 spiro atoms. The molecular formula is C15H12N2O2S3. The Morgan fingerprint density at radius 1 is 0.909 bits per heavy atom. The maximum atomic E-state index is 12.4. The van der Waals surface area contributed by atoms with Crippen LogP contribution in [0.4, 0.5) is 0 Å². The first-order chi connectivity index (χ1) is 10.7. The molecule has 0 radical (unpaired) electrons. The summed E-state index contributed by atoms with van der Waals surface area (Å²) in [6.45, 7) is 0. The quantitative estimate of drug-likeness (QED) is 0.659. The van der Waals surface area contributed by atoms with Gasteiger partial charge < -0.3 is 0 Å². The lowest BCUT2D eigenvalue weighted by Crippen LogP contribution is -2.00. The van der Waals surface area contributed by atoms with Crippen LogP contribution in [-0.2, 0) is 15.6 Å². The zero-order chi connectivity index (χ0) is 15.4. The first-order valence-corrected chi connectivity index (χ1v) is 9.75. The maximum absolute atomic E-state index is 12.4. The van der Waals surface area contributed by atoms with Gasteiger partial charge in [-0.2, -0.15) is 0 Å². The fourth-order valence-corrected chi connectivity index (χ4v) is 5.31. The summed E-state index contributed by atoms with van der Waals surface area (Å²) in [5.41, 5.74) is 1.16. The van der Waals surface area contributed by atoms with Gasteiger partial charge >= 0.3 is 0 Å². The summed E-state index contributed by atoms with van der Waals surface area (Å²) >= 11 is 2.59. The number of hydrogen-bond donors (Lipinski definition) is 0. The monoisotopic (exact) mass is 348 g/mol. The van der Waals surface area contributed by atoms with E-state index in [4.69, 9.17) is 0 Å². The van der Waals surface area contributed by atoms with E-state index in [0.717, 1.165) is 22.7 Å². The normalized spacial score (nSPS) is 11.5. The highest BCUT2D eigenvalue weighted by Crippen LogP contribution is 2.30. The van der Waals surface area contributed by atoms with Gasteiger partial charge in [0.15, 0.2) is 4.34 Å². The Hall–Kier alpha value is -1.70. The first kappa shape index (κ1) is 15.2. The van der Waals surface area contributed by atoms with E-state index in [9.17, 15) is 8.42 Å². The average molecular weight is 348 g/mol. The lowest BCUT2D eigenvalue weighted by molar-refractivity contribution is 0.594. The van der Waals surface area contributed by atoms with Crippen LogP contribution in [0.3, 0.4) is 0 Å². The Morgan fingerprint density at radius 2 is 1.55 bits per heavy atom. The molecule has 1 heterocycles. The van der Waals surface area contributed by atoms with E-state index in [2.05, 4.69) is 10.2 Å². The van der Waals surface area contributed by atoms with Crippen molar-refractivity contribution < 1.29 is 8.42 Å². The van der Waals surface area contributed by atoms with E-state index in [1.54, 1.807) is 30.3 Å². The third-order valence-electron chi connectivity index (χ3n) is 2.88. The highest BCUT2D eigenvalue weighted by atomic mass is 32.2. The van der Waals surface area contributed by atoms with E-state index < -0.39 is 9.84 Å². The SMILES string of the molecule is O=S(=O)(c1ccccc1)c1nnc(SCc2ccccc2)s1. The van der Waals surface area contributed by atoms with Crippen molar-refractivity contribution in [3.05, 3.63) is 66.2 Å². The van der Waals surface area contributed by atoms with Crippen LogP contribution in [0, 0.1) is 0 Å². The van der Waals surface area contributed by atoms with Crippen molar-refractivity contribution in [1.29, 1.82) is 0 Å². The van der Waals surface area contributed by atoms with Gasteiger partial charge in [-0.3, -0.25) is 0 Å². The molecule has 22 heavy (non-hydrogen) atoms. The molecule has 0 aliphatic rings. The summed E-state index contributed by atoms with van der Waals surface area (Å²) < 4.78 is 25.5. The molecule has 3 rings (SSSR count). The van der Waals surface area contributed by atoms with Crippen LogP contribution in [0.2, 0.25) is 0 Å². The second kappa shape index (κ2) is 6.60. The zero-order valence-electron chi connectivity index (χ0n) is 11.4. The van der Waals surface area contributed by atoms with E-state index >= 15 is 0 Å². The summed E-state index contributed by atoms with van der Waals surface area (Å²) in [4.78, 5) is 0.241. The molecule has 0 aliphatic heterocycles. The molecule has 2 aromatic carbocycles. The van der Waals surface area contributed by atoms with Crippen molar-refractivity contribution in [2.75, 3.05) is 0 Å². The lowest BCUT2D eigenvalue weighted by atomic mass is 10.2. The molecule has 0 unspecified atom stereocenters. The van der Waals surface area contributed by atoms with Crippen LogP contribution in [0.15, 0.2) is 74.2 Å². The number of rotatable bonds is 5. The van der Waals surface area contributed by atoms with Gasteiger partial charge in [-0.1, -0.05) is 71.6 Å². The van der Waals surface area contributed by atoms with E-state index in [-0.39, 0.29) is 9.24 Å². The van der Waals surface area contributed by atoms with Gasteiger partial charge in [0, 0.05) is 5.75 Å². The Balaban J connectivity index is 1.76. The second-order valence-corrected chi connectivity index (χ2v) is 8.75. The zero-order valence-corrected chi connectivity index (χ0v) is 13.9. The molecule has 7 heteroatoms. The minimum Gasteiger partial charge on any atom is -0.216 e. The molecule has 0 bridgehead atoms. The predicted molar refractivity (Wildman–Crippen MR) is 87.8 cm³/mol. The van der Waals surface area contributed by atoms with Gasteiger partial charge in [0.1, 0.15) is 0 Å². The summed E-state index contributed by atoms with van der Waals surface area (Å²) in [6, 6.07) is 18.2. The molecule has 1 aromatic heterocycles. The summed E-state index contributed by atoms with van der Waals surface area (Å²) in [6.07, 6.45) is 0. The highest BCUT2D eigenvalue weighted by molar-refractivity contribution is 8.00. The number of benzene rings is 2. The molecule has 3 aromatic rings. The lowest BCUT2D eigenvalue weighted by Gasteiger charge is -1.98. The van der Waals surface area contributed by atoms with Gasteiger partial charge in [0.25, 0.3) is 0 Å². The Bertz CT molecular complexity index is 847. The first-order valence-electron chi connectivity index (χ1n) is 6.46. The summed E-state index contributed by atoms with van der Waals surface area (Å²) in [7, 11) is -3.57. The summed E-state index contributed by atoms with van der Waals surface area (Å²) in [5.74, 6) is 0.737. The van der Waals surface area contributed by atoms with Gasteiger partial charge in [0.05, 0.1) is 4.90 Å². The van der Waals surface area contributed by atoms with Gasteiger partial charge in [-0.05, 0) is 17.7 Å². The molecule has 0 N–H and O–H groups in total. The largest absolute Gasteiger partial charge is 0.238 e. The minimum absolute atomic E-state index is 0.0364. The molecule has 0 saturated heterocycles. The fourth-order valence-electron chi connectivity index (χ4n) is 1.78. The number of hydrogen-bond acceptors (Lipinski definition) is 6. The van der Waals surface area contributed by atoms with Gasteiger partial charge in [-0.25, -0.2) is 8.42 Å². The van der Waals surface area contributed by atoms with E-state index in [0.29, 0.717) is 4.34 Å². The number of aromatic nitrogens is 2. The van der Waals surface area contributed by atoms with Crippen molar-refractivity contribution in [3.8, 4) is 0 Å². The molecule has 0 atom stereocenters. The molecule has 0 fully saturated rings. The molecule has 0 aliphatic carbocycles. The summed E-state index contributed by atoms with van der Waals surface area (Å²) in [5, 5.41) is 7.81. The average Bonchev–Trinajstić information content (AvgIpc) is 3.04. The van der Waals surface area contributed by atoms with Crippen molar-refractivity contribution in [2.45, 2.75) is 19.3 Å². The fraction of sp³-hybridized carbons (Fsp3) is 0.0667. The van der Waals surface area contributed by atoms with E-state index in [1.807, 2.05) is 30.3 Å². The van der Waals surface area contributed by atoms with Crippen molar-refractivity contribution in [1.82, 2.24) is 10.2 Å². The van der Waals surface area contributed by atoms with E-state index in [1.165, 1.54) is 11.8 Å². The predicted octanol–water partition coefficient (Wildman–Crippen LogP) is 3.66. The van der Waals surface area contributed by atoms with Crippen LogP contribution in [0.25, 0.3) is 0 Å². The smallest absolute Gasteiger partial charge is 0.216 e. The number of thioether (sulfide) groups is 1. The van der Waals surface area contributed by atoms with Crippen LogP contribution in [0.5, 0.6) is 0 Å². The van der Waals surface area contributed by atoms with Crippen LogP contribution < -0.4 is 0 Å². The molecule has 0 saturated carbocycles. The number of sulfone groups is 1. The standard InChI is InChI=1S/C15H12N2O2S3/c18-22(19,13-9-5-2-6-10-13)15-17-16-14(21-15)20-11-12-7-3-1-4-8-12/h1-10H,11H2. The number of nitrogens with zero attached hydrogens (tertiary/aromatic N) is 2. The molecule has 4 nitrogen and oxygen atoms in total. The topological polar surface area (TPSA) is 59.9 Å². The Kier molecular flexibility index (Phi) is 4.56. The van der Waals surface area contributed by atoms with Crippen LogP contribution in [-0.4, -0.2) is 18.6 Å². The highest BCUT2D eigenvalue weighted by Gasteiger charge is 2.22. The third-order valence-corrected chi connectivity index (χ3v) is 7.14. The molecule has 0 amide bonds. The Labute approximate surface area is 137 Å². The maximum Gasteiger partial charge on any atom is 0.238 e. The third kappa shape index (κ3) is 3.37. The van der Waals surface area contributed by atoms with Crippen LogP contribution in [0.1, 0.15) is 5.56 Å². The van der Waals surface area contributed by atoms with Crippen molar-refractivity contribution >= 4 is 32.9 Å². The second-order valence-electron chi connectivity index (χ2n) is 4.42. The van der Waals surface area contributed by atoms with Crippen LogP contribution >= 0.6 is 23.1 Å². The van der Waals surface area contributed by atoms with Gasteiger partial charge in [0.2, 0.25) is 14.2 Å². The van der Waals surface area contributed by atoms with Crippen molar-refractivity contribution in [2.24, 2.45) is 0 Å². The van der Waals surface area contributed by atoms with Crippen molar-refractivity contribution in [3.63, 3.8) is 0 Å². The molecule has 112 valence electrons.